The van der Waals surface area contributed by atoms with Crippen LogP contribution < -0.4 is 5.73 Å². The number of hydrogen-bond acceptors (Lipinski definition) is 2. The lowest BCUT2D eigenvalue weighted by Gasteiger charge is -2.08. The Balaban J connectivity index is 2.48. The maximum atomic E-state index is 5.58. The molecule has 0 atom stereocenters. The summed E-state index contributed by atoms with van der Waals surface area (Å²) in [7, 11) is 0. The number of unbranched alkanes of at least 4 members (excludes halogenated alkanes) is 1. The Morgan fingerprint density at radius 3 is 2.57 bits per heavy atom. The van der Waals surface area contributed by atoms with Gasteiger partial charge in [0.1, 0.15) is 5.76 Å². The normalized spacial score (nSPS) is 9.79. The quantitative estimate of drug-likeness (QED) is 0.441. The van der Waals surface area contributed by atoms with Crippen LogP contribution in [-0.4, -0.2) is 6.61 Å². The summed E-state index contributed by atoms with van der Waals surface area (Å²) in [6, 6.07) is 7.54. The predicted octanol–water partition coefficient (Wildman–Crippen LogP) is 3.06. The van der Waals surface area contributed by atoms with E-state index < -0.39 is 0 Å². The van der Waals surface area contributed by atoms with Crippen LogP contribution in [0, 0.1) is 0 Å². The van der Waals surface area contributed by atoms with E-state index >= 15 is 0 Å². The molecule has 0 unspecified atom stereocenters. The highest BCUT2D eigenvalue weighted by Gasteiger charge is 1.98. The van der Waals surface area contributed by atoms with Crippen LogP contribution in [0.3, 0.4) is 0 Å². The van der Waals surface area contributed by atoms with Gasteiger partial charge in [0.25, 0.3) is 0 Å². The van der Waals surface area contributed by atoms with E-state index in [-0.39, 0.29) is 0 Å². The lowest BCUT2D eigenvalue weighted by atomic mass is 10.2. The van der Waals surface area contributed by atoms with Crippen LogP contribution >= 0.6 is 0 Å². The number of hydrogen-bond donors (Lipinski definition) is 1. The molecular formula is C12H17NO. The van der Waals surface area contributed by atoms with Gasteiger partial charge < -0.3 is 10.5 Å². The zero-order chi connectivity index (χ0) is 10.4. The van der Waals surface area contributed by atoms with Gasteiger partial charge in [-0.1, -0.05) is 19.9 Å². The second kappa shape index (κ2) is 5.32. The van der Waals surface area contributed by atoms with E-state index in [1.807, 2.05) is 24.3 Å². The Kier molecular flexibility index (Phi) is 4.05. The fraction of sp³-hybridized carbons (Fsp3) is 0.333. The van der Waals surface area contributed by atoms with E-state index in [9.17, 15) is 0 Å². The van der Waals surface area contributed by atoms with Gasteiger partial charge in [0.05, 0.1) is 6.61 Å². The van der Waals surface area contributed by atoms with Gasteiger partial charge in [0.2, 0.25) is 0 Å². The molecule has 0 saturated carbocycles. The maximum absolute atomic E-state index is 5.58. The SMILES string of the molecule is C=C(OCCCC)c1ccc(N)cc1. The monoisotopic (exact) mass is 191 g/mol. The third-order valence-corrected chi connectivity index (χ3v) is 2.01. The van der Waals surface area contributed by atoms with Crippen molar-refractivity contribution in [3.8, 4) is 0 Å². The average molecular weight is 191 g/mol. The Morgan fingerprint density at radius 1 is 1.36 bits per heavy atom. The smallest absolute Gasteiger partial charge is 0.119 e. The molecule has 0 heterocycles. The van der Waals surface area contributed by atoms with Crippen molar-refractivity contribution >= 4 is 11.4 Å². The number of nitrogen functional groups attached to an aromatic ring is 1. The van der Waals surface area contributed by atoms with Gasteiger partial charge in [-0.2, -0.15) is 0 Å². The number of nitrogens with two attached hydrogens (primary N) is 1. The molecule has 2 heteroatoms. The van der Waals surface area contributed by atoms with Crippen LogP contribution in [0.1, 0.15) is 25.3 Å². The van der Waals surface area contributed by atoms with Crippen molar-refractivity contribution in [3.05, 3.63) is 36.4 Å². The molecule has 76 valence electrons. The van der Waals surface area contributed by atoms with Gasteiger partial charge in [-0.25, -0.2) is 0 Å². The molecule has 0 aromatic heterocycles. The minimum atomic E-state index is 0.721. The number of benzene rings is 1. The van der Waals surface area contributed by atoms with Crippen LogP contribution in [0.2, 0.25) is 0 Å². The van der Waals surface area contributed by atoms with Gasteiger partial charge in [-0.3, -0.25) is 0 Å². The predicted molar refractivity (Wildman–Crippen MR) is 60.7 cm³/mol. The molecule has 0 aliphatic carbocycles. The third kappa shape index (κ3) is 3.13. The first-order valence-electron chi connectivity index (χ1n) is 4.91. The molecule has 2 N–H and O–H groups in total. The average Bonchev–Trinajstić information content (AvgIpc) is 2.19. The first-order chi connectivity index (χ1) is 6.74. The number of anilines is 1. The van der Waals surface area contributed by atoms with E-state index in [2.05, 4.69) is 13.5 Å². The Morgan fingerprint density at radius 2 is 2.00 bits per heavy atom. The topological polar surface area (TPSA) is 35.2 Å². The summed E-state index contributed by atoms with van der Waals surface area (Å²) in [4.78, 5) is 0. The second-order valence-electron chi connectivity index (χ2n) is 3.25. The molecule has 0 saturated heterocycles. The van der Waals surface area contributed by atoms with Gasteiger partial charge >= 0.3 is 0 Å². The van der Waals surface area contributed by atoms with Crippen molar-refractivity contribution in [2.24, 2.45) is 0 Å². The Labute approximate surface area is 85.4 Å². The molecule has 0 radical (unpaired) electrons. The first-order valence-corrected chi connectivity index (χ1v) is 4.91. The highest BCUT2D eigenvalue weighted by molar-refractivity contribution is 5.59. The van der Waals surface area contributed by atoms with Crippen molar-refractivity contribution in [2.45, 2.75) is 19.8 Å². The third-order valence-electron chi connectivity index (χ3n) is 2.01. The summed E-state index contributed by atoms with van der Waals surface area (Å²) >= 11 is 0. The summed E-state index contributed by atoms with van der Waals surface area (Å²) in [6.07, 6.45) is 2.20. The number of ether oxygens (including phenoxy) is 1. The van der Waals surface area contributed by atoms with Crippen LogP contribution in [0.15, 0.2) is 30.8 Å². The van der Waals surface area contributed by atoms with Crippen molar-refractivity contribution in [1.29, 1.82) is 0 Å². The van der Waals surface area contributed by atoms with Gasteiger partial charge in [0, 0.05) is 11.3 Å². The Hall–Kier alpha value is -1.44. The van der Waals surface area contributed by atoms with Crippen LogP contribution in [0.4, 0.5) is 5.69 Å². The number of rotatable bonds is 5. The first kappa shape index (κ1) is 10.6. The molecule has 0 spiro atoms. The lowest BCUT2D eigenvalue weighted by Crippen LogP contribution is -1.93. The summed E-state index contributed by atoms with van der Waals surface area (Å²) in [6.45, 7) is 6.73. The van der Waals surface area contributed by atoms with Crippen LogP contribution in [0.5, 0.6) is 0 Å². The highest BCUT2D eigenvalue weighted by atomic mass is 16.5. The van der Waals surface area contributed by atoms with E-state index in [0.29, 0.717) is 0 Å². The zero-order valence-electron chi connectivity index (χ0n) is 8.62. The lowest BCUT2D eigenvalue weighted by molar-refractivity contribution is 0.271. The van der Waals surface area contributed by atoms with Crippen molar-refractivity contribution < 1.29 is 4.74 Å². The van der Waals surface area contributed by atoms with E-state index in [1.165, 1.54) is 0 Å². The minimum absolute atomic E-state index is 0.721. The van der Waals surface area contributed by atoms with Gasteiger partial charge in [0.15, 0.2) is 0 Å². The molecule has 0 aliphatic rings. The van der Waals surface area contributed by atoms with Crippen LogP contribution in [-0.2, 0) is 4.74 Å². The molecule has 0 amide bonds. The van der Waals surface area contributed by atoms with Crippen molar-refractivity contribution in [1.82, 2.24) is 0 Å². The van der Waals surface area contributed by atoms with Gasteiger partial charge in [-0.15, -0.1) is 0 Å². The molecular weight excluding hydrogens is 174 g/mol. The molecule has 0 aliphatic heterocycles. The summed E-state index contributed by atoms with van der Waals surface area (Å²) in [5.74, 6) is 0.721. The molecule has 1 rings (SSSR count). The summed E-state index contributed by atoms with van der Waals surface area (Å²) in [5, 5.41) is 0. The largest absolute Gasteiger partial charge is 0.494 e. The molecule has 0 bridgehead atoms. The molecule has 1 aromatic carbocycles. The van der Waals surface area contributed by atoms with Gasteiger partial charge in [-0.05, 0) is 30.7 Å². The second-order valence-corrected chi connectivity index (χ2v) is 3.25. The fourth-order valence-electron chi connectivity index (χ4n) is 1.09. The molecule has 0 fully saturated rings. The minimum Gasteiger partial charge on any atom is -0.494 e. The van der Waals surface area contributed by atoms with E-state index in [0.717, 1.165) is 36.5 Å². The Bertz CT molecular complexity index is 290. The molecule has 1 aromatic rings. The highest BCUT2D eigenvalue weighted by Crippen LogP contribution is 2.15. The standard InChI is InChI=1S/C12H17NO/c1-3-4-9-14-10(2)11-5-7-12(13)8-6-11/h5-8H,2-4,9,13H2,1H3. The van der Waals surface area contributed by atoms with E-state index in [4.69, 9.17) is 10.5 Å². The summed E-state index contributed by atoms with van der Waals surface area (Å²) in [5.41, 5.74) is 7.33. The fourth-order valence-corrected chi connectivity index (χ4v) is 1.09. The molecule has 2 nitrogen and oxygen atoms in total. The zero-order valence-corrected chi connectivity index (χ0v) is 8.62. The summed E-state index contributed by atoms with van der Waals surface area (Å²) < 4.78 is 5.47. The van der Waals surface area contributed by atoms with Crippen LogP contribution in [0.25, 0.3) is 5.76 Å². The molecule has 14 heavy (non-hydrogen) atoms. The van der Waals surface area contributed by atoms with Crippen molar-refractivity contribution in [2.75, 3.05) is 12.3 Å². The van der Waals surface area contributed by atoms with E-state index in [1.54, 1.807) is 0 Å². The van der Waals surface area contributed by atoms with Crippen molar-refractivity contribution in [3.63, 3.8) is 0 Å². The maximum Gasteiger partial charge on any atom is 0.119 e.